The summed E-state index contributed by atoms with van der Waals surface area (Å²) in [6, 6.07) is 30.7. The van der Waals surface area contributed by atoms with Crippen LogP contribution in [0.2, 0.25) is 0 Å². The predicted molar refractivity (Wildman–Crippen MR) is 301 cm³/mol. The van der Waals surface area contributed by atoms with Gasteiger partial charge >= 0.3 is 0 Å². The first-order valence-electron chi connectivity index (χ1n) is 24.6. The van der Waals surface area contributed by atoms with Crippen LogP contribution in [0.1, 0.15) is 33.4 Å². The summed E-state index contributed by atoms with van der Waals surface area (Å²) in [7, 11) is -18.6. The van der Waals surface area contributed by atoms with Crippen LogP contribution >= 0.6 is 31.9 Å². The summed E-state index contributed by atoms with van der Waals surface area (Å²) in [5.74, 6) is -0.0121. The largest absolute Gasteiger partial charge is 0.487 e. The van der Waals surface area contributed by atoms with E-state index in [0.717, 1.165) is 39.5 Å². The van der Waals surface area contributed by atoms with Crippen molar-refractivity contribution < 1.29 is 57.4 Å². The van der Waals surface area contributed by atoms with Crippen LogP contribution < -0.4 is 18.1 Å². The average molecular weight is 1260 g/mol. The summed E-state index contributed by atoms with van der Waals surface area (Å²) in [5, 5.41) is 0. The van der Waals surface area contributed by atoms with Crippen molar-refractivity contribution in [3.05, 3.63) is 164 Å². The second-order valence-corrected chi connectivity index (χ2v) is 27.7. The van der Waals surface area contributed by atoms with Gasteiger partial charge in [0, 0.05) is 60.3 Å². The van der Waals surface area contributed by atoms with Crippen LogP contribution in [0, 0.1) is 27.7 Å². The number of hydrogen-bond acceptors (Lipinski definition) is 13. The first-order valence-corrected chi connectivity index (χ1v) is 32.0. The zero-order chi connectivity index (χ0) is 55.1. The molecule has 6 aromatic rings. The Hall–Kier alpha value is -4.92. The molecule has 2 aliphatic heterocycles. The topological polar surface area (TPSA) is 196 Å². The molecule has 0 fully saturated rings. The highest BCUT2D eigenvalue weighted by molar-refractivity contribution is 9.13. The van der Waals surface area contributed by atoms with Gasteiger partial charge in [-0.15, -0.1) is 0 Å². The molecule has 0 aliphatic carbocycles. The van der Waals surface area contributed by atoms with Crippen LogP contribution in [-0.2, 0) is 67.4 Å². The van der Waals surface area contributed by atoms with Crippen molar-refractivity contribution in [1.82, 2.24) is 8.61 Å². The van der Waals surface area contributed by atoms with E-state index in [0.29, 0.717) is 33.3 Å². The van der Waals surface area contributed by atoms with Gasteiger partial charge in [-0.2, -0.15) is 8.61 Å². The number of nitrogens with zero attached hydrogens (tertiary/aromatic N) is 4. The minimum absolute atomic E-state index is 0.00607. The van der Waals surface area contributed by atoms with Crippen LogP contribution in [-0.4, -0.2) is 121 Å². The lowest BCUT2D eigenvalue weighted by Gasteiger charge is -2.35. The summed E-state index contributed by atoms with van der Waals surface area (Å²) in [4.78, 5) is -0.544. The van der Waals surface area contributed by atoms with Gasteiger partial charge in [0.2, 0.25) is 20.0 Å². The smallest absolute Gasteiger partial charge is 0.264 e. The quantitative estimate of drug-likeness (QED) is 0.140. The highest BCUT2D eigenvalue weighted by atomic mass is 79.9. The Morgan fingerprint density at radius 2 is 0.636 bits per heavy atom. The predicted octanol–water partition coefficient (Wildman–Crippen LogP) is 8.75. The fraction of sp³-hybridized carbons (Fsp3) is 0.333. The molecule has 0 saturated heterocycles. The van der Waals surface area contributed by atoms with Crippen LogP contribution in [0.4, 0.5) is 11.4 Å². The minimum atomic E-state index is -4.79. The molecule has 0 saturated carbocycles. The third-order valence-electron chi connectivity index (χ3n) is 12.9. The molecule has 2 aliphatic rings. The highest BCUT2D eigenvalue weighted by Crippen LogP contribution is 2.45. The van der Waals surface area contributed by atoms with Gasteiger partial charge in [-0.1, -0.05) is 70.8 Å². The normalized spacial score (nSPS) is 16.8. The number of rotatable bonds is 8. The van der Waals surface area contributed by atoms with Gasteiger partial charge in [0.15, 0.2) is 11.5 Å². The molecule has 6 aromatic carbocycles. The van der Waals surface area contributed by atoms with E-state index in [-0.39, 0.29) is 95.2 Å². The molecule has 8 rings (SSSR count). The number of ether oxygens (including phenoxy) is 5. The fourth-order valence-electron chi connectivity index (χ4n) is 8.54. The molecule has 17 nitrogen and oxygen atoms in total. The molecule has 0 radical (unpaired) electrons. The first kappa shape index (κ1) is 58.2. The third-order valence-corrected chi connectivity index (χ3v) is 22.1. The molecule has 23 heteroatoms. The molecule has 0 N–H and O–H groups in total. The molecule has 77 heavy (non-hydrogen) atoms. The van der Waals surface area contributed by atoms with Crippen LogP contribution in [0.25, 0.3) is 0 Å². The van der Waals surface area contributed by atoms with E-state index in [2.05, 4.69) is 31.9 Å². The number of hydrogen-bond donors (Lipinski definition) is 0. The Morgan fingerprint density at radius 3 is 0.935 bits per heavy atom. The average Bonchev–Trinajstić information content (AvgIpc) is 3.41. The van der Waals surface area contributed by atoms with Gasteiger partial charge in [0.25, 0.3) is 20.0 Å². The number of halogens is 2. The maximum Gasteiger partial charge on any atom is 0.264 e. The van der Waals surface area contributed by atoms with E-state index < -0.39 is 66.3 Å². The molecule has 0 aromatic heterocycles. The van der Waals surface area contributed by atoms with Crippen molar-refractivity contribution >= 4 is 83.3 Å². The van der Waals surface area contributed by atoms with E-state index in [9.17, 15) is 0 Å². The molecule has 0 spiro atoms. The molecule has 0 amide bonds. The maximum absolute atomic E-state index is 15.7. The van der Waals surface area contributed by atoms with Crippen molar-refractivity contribution in [3.63, 3.8) is 0 Å². The van der Waals surface area contributed by atoms with Crippen molar-refractivity contribution in [1.29, 1.82) is 0 Å². The Labute approximate surface area is 469 Å². The summed E-state index contributed by atoms with van der Waals surface area (Å²) >= 11 is 7.17. The van der Waals surface area contributed by atoms with E-state index in [1.165, 1.54) is 60.7 Å². The Morgan fingerprint density at radius 1 is 0.364 bits per heavy atom. The van der Waals surface area contributed by atoms with Crippen molar-refractivity contribution in [2.45, 2.75) is 60.4 Å². The zero-order valence-corrected chi connectivity index (χ0v) is 49.4. The molecular formula is C54H60Br2N4O13S4. The number of benzene rings is 6. The van der Waals surface area contributed by atoms with E-state index >= 15 is 33.7 Å². The van der Waals surface area contributed by atoms with Crippen molar-refractivity contribution in [2.24, 2.45) is 0 Å². The van der Waals surface area contributed by atoms with E-state index in [1.54, 1.807) is 74.5 Å². The summed E-state index contributed by atoms with van der Waals surface area (Å²) in [6.45, 7) is 5.40. The monoisotopic (exact) mass is 1260 g/mol. The van der Waals surface area contributed by atoms with Crippen molar-refractivity contribution in [3.8, 4) is 11.5 Å². The van der Waals surface area contributed by atoms with Gasteiger partial charge in [-0.05, 0) is 131 Å². The SMILES string of the molecule is Cc1ccc(S(=O)(=O)N2CCN(S(=O)(=O)c3ccc(C)cc3)c3cc4c(cc3N(S(=O)(=O)c3ccc(C)cc3)CCN(S(=O)(=O)c3ccc(C)cc3)Cc3cc(Br)c(Br)cc3C2)OCCOCCOCCOCCO4)cc1. The Kier molecular flexibility index (Phi) is 18.9. The van der Waals surface area contributed by atoms with E-state index in [1.807, 2.05) is 13.8 Å². The van der Waals surface area contributed by atoms with Crippen molar-refractivity contribution in [2.75, 3.05) is 87.6 Å². The third kappa shape index (κ3) is 13.7. The van der Waals surface area contributed by atoms with Gasteiger partial charge in [0.1, 0.15) is 13.2 Å². The summed E-state index contributed by atoms with van der Waals surface area (Å²) in [6.07, 6.45) is 0. The molecule has 412 valence electrons. The second-order valence-electron chi connectivity index (χ2n) is 18.4. The Bertz CT molecular complexity index is 3270. The van der Waals surface area contributed by atoms with Gasteiger partial charge in [-0.25, -0.2) is 33.7 Å². The molecule has 2 heterocycles. The standard InChI is InChI=1S/C54H60Br2N4O13S4/c1-39-5-13-45(14-6-39)74(61,62)57-21-23-59(76(65,66)47-17-9-41(3)10-18-47)51-35-53-54(73-32-30-71-28-26-69-25-27-70-29-31-72-53)36-52(51)60(77(67,68)48-19-11-42(4)12-20-48)24-22-58(75(63,64)46-15-7-40(2)8-16-46)38-44-34-50(56)49(55)33-43(44)37-57/h5-20,33-36H,21-32,37-38H2,1-4H3. The number of anilines is 2. The first-order chi connectivity index (χ1) is 36.7. The zero-order valence-electron chi connectivity index (χ0n) is 42.9. The molecule has 0 atom stereocenters. The molecule has 0 bridgehead atoms. The van der Waals surface area contributed by atoms with Crippen LogP contribution in [0.5, 0.6) is 11.5 Å². The number of sulfonamides is 4. The number of aryl methyl sites for hydroxylation is 4. The lowest BCUT2D eigenvalue weighted by Crippen LogP contribution is -2.44. The maximum atomic E-state index is 15.7. The molecular weight excluding hydrogens is 1200 g/mol. The van der Waals surface area contributed by atoms with Gasteiger partial charge in [-0.3, -0.25) is 8.61 Å². The second kappa shape index (κ2) is 25.0. The van der Waals surface area contributed by atoms with Crippen LogP contribution in [0.15, 0.2) is 150 Å². The Balaban J connectivity index is 1.45. The minimum Gasteiger partial charge on any atom is -0.487 e. The van der Waals surface area contributed by atoms with Gasteiger partial charge in [0.05, 0.1) is 70.6 Å². The van der Waals surface area contributed by atoms with Crippen LogP contribution in [0.3, 0.4) is 0 Å². The lowest BCUT2D eigenvalue weighted by atomic mass is 10.1. The van der Waals surface area contributed by atoms with E-state index in [4.69, 9.17) is 23.7 Å². The summed E-state index contributed by atoms with van der Waals surface area (Å²) < 4.78 is 159. The summed E-state index contributed by atoms with van der Waals surface area (Å²) in [5.41, 5.74) is 3.34. The molecule has 0 unspecified atom stereocenters. The highest BCUT2D eigenvalue weighted by Gasteiger charge is 2.38. The fourth-order valence-corrected chi connectivity index (χ4v) is 15.1. The number of fused-ring (bicyclic) bond motifs is 3. The lowest BCUT2D eigenvalue weighted by molar-refractivity contribution is 0.00708. The van der Waals surface area contributed by atoms with Gasteiger partial charge < -0.3 is 23.7 Å².